The molecule has 2 fully saturated rings. The molecule has 0 aromatic rings. The van der Waals surface area contributed by atoms with Gasteiger partial charge in [-0.25, -0.2) is 0 Å². The van der Waals surface area contributed by atoms with Gasteiger partial charge in [0.2, 0.25) is 0 Å². The Hall–Kier alpha value is -1.12. The Morgan fingerprint density at radius 3 is 2.94 bits per heavy atom. The summed E-state index contributed by atoms with van der Waals surface area (Å²) in [4.78, 5) is 22.8. The lowest BCUT2D eigenvalue weighted by Crippen LogP contribution is -2.43. The van der Waals surface area contributed by atoms with Crippen LogP contribution in [0.15, 0.2) is 12.2 Å². The van der Waals surface area contributed by atoms with Gasteiger partial charge in [-0.1, -0.05) is 19.1 Å². The minimum atomic E-state index is -0.867. The topological polar surface area (TPSA) is 54.4 Å². The number of hydrogen-bond acceptors (Lipinski definition) is 2. The highest BCUT2D eigenvalue weighted by atomic mass is 16.4. The fraction of sp³-hybridized carbons (Fsp3) is 0.714. The zero-order valence-corrected chi connectivity index (χ0v) is 10.4. The molecule has 0 aromatic heterocycles. The molecule has 3 unspecified atom stereocenters. The Morgan fingerprint density at radius 2 is 2.29 bits per heavy atom. The number of carboxylic acid groups (broad SMARTS) is 1. The van der Waals surface area contributed by atoms with Crippen LogP contribution in [0.1, 0.15) is 45.4 Å². The molecule has 0 saturated heterocycles. The molecular formula is C14H20O3. The fourth-order valence-corrected chi connectivity index (χ4v) is 3.59. The van der Waals surface area contributed by atoms with Crippen molar-refractivity contribution in [2.45, 2.75) is 45.4 Å². The average Bonchev–Trinajstić information content (AvgIpc) is 2.20. The van der Waals surface area contributed by atoms with Crippen molar-refractivity contribution in [3.8, 4) is 0 Å². The van der Waals surface area contributed by atoms with E-state index in [0.29, 0.717) is 18.8 Å². The zero-order chi connectivity index (χ0) is 12.6. The first-order valence-corrected chi connectivity index (χ1v) is 6.34. The van der Waals surface area contributed by atoms with Gasteiger partial charge in [-0.3, -0.25) is 9.59 Å². The largest absolute Gasteiger partial charge is 0.481 e. The minimum absolute atomic E-state index is 0.0152. The van der Waals surface area contributed by atoms with E-state index in [1.54, 1.807) is 0 Å². The summed E-state index contributed by atoms with van der Waals surface area (Å²) in [7, 11) is 0. The van der Waals surface area contributed by atoms with Gasteiger partial charge in [0.05, 0.1) is 6.42 Å². The van der Waals surface area contributed by atoms with Gasteiger partial charge in [-0.05, 0) is 37.0 Å². The van der Waals surface area contributed by atoms with E-state index in [9.17, 15) is 9.59 Å². The van der Waals surface area contributed by atoms with Gasteiger partial charge in [0.25, 0.3) is 0 Å². The van der Waals surface area contributed by atoms with E-state index in [1.165, 1.54) is 5.57 Å². The lowest BCUT2D eigenvalue weighted by atomic mass is 9.56. The number of Topliss-reactive ketones (excluding diaryl/α,β-unsaturated/α-hetero) is 1. The number of rotatable bonds is 2. The highest BCUT2D eigenvalue weighted by Crippen LogP contribution is 2.52. The highest BCUT2D eigenvalue weighted by Gasteiger charge is 2.46. The summed E-state index contributed by atoms with van der Waals surface area (Å²) in [5, 5.41) is 8.84. The molecule has 2 aliphatic carbocycles. The van der Waals surface area contributed by atoms with Crippen molar-refractivity contribution in [3.63, 3.8) is 0 Å². The summed E-state index contributed by atoms with van der Waals surface area (Å²) in [5.74, 6) is -0.673. The van der Waals surface area contributed by atoms with E-state index in [1.807, 2.05) is 0 Å². The van der Waals surface area contributed by atoms with Crippen molar-refractivity contribution >= 4 is 11.8 Å². The van der Waals surface area contributed by atoms with Crippen LogP contribution in [0.4, 0.5) is 0 Å². The predicted molar refractivity (Wildman–Crippen MR) is 64.6 cm³/mol. The van der Waals surface area contributed by atoms with E-state index in [4.69, 9.17) is 5.11 Å². The second kappa shape index (κ2) is 4.28. The minimum Gasteiger partial charge on any atom is -0.481 e. The third-order valence-corrected chi connectivity index (χ3v) is 4.55. The van der Waals surface area contributed by atoms with Gasteiger partial charge < -0.3 is 5.11 Å². The Kier molecular flexibility index (Phi) is 3.11. The molecule has 0 aliphatic heterocycles. The summed E-state index contributed by atoms with van der Waals surface area (Å²) in [6.07, 6.45) is 4.44. The van der Waals surface area contributed by atoms with Crippen LogP contribution < -0.4 is 0 Å². The lowest BCUT2D eigenvalue weighted by molar-refractivity contribution is -0.143. The van der Waals surface area contributed by atoms with Gasteiger partial charge in [-0.2, -0.15) is 0 Å². The Labute approximate surface area is 102 Å². The van der Waals surface area contributed by atoms with E-state index in [2.05, 4.69) is 13.5 Å². The van der Waals surface area contributed by atoms with Crippen molar-refractivity contribution in [1.82, 2.24) is 0 Å². The maximum atomic E-state index is 12.0. The molecule has 2 rings (SSSR count). The van der Waals surface area contributed by atoms with Gasteiger partial charge in [-0.15, -0.1) is 0 Å². The monoisotopic (exact) mass is 236 g/mol. The summed E-state index contributed by atoms with van der Waals surface area (Å²) in [5.41, 5.74) is 1.27. The van der Waals surface area contributed by atoms with Crippen LogP contribution in [0, 0.1) is 17.3 Å². The molecule has 0 aromatic carbocycles. The molecule has 0 heterocycles. The number of hydrogen-bond donors (Lipinski definition) is 1. The highest BCUT2D eigenvalue weighted by molar-refractivity contribution is 5.86. The molecule has 3 nitrogen and oxygen atoms in total. The van der Waals surface area contributed by atoms with Crippen molar-refractivity contribution in [2.75, 3.05) is 0 Å². The molecule has 0 bridgehead atoms. The van der Waals surface area contributed by atoms with Gasteiger partial charge >= 0.3 is 5.97 Å². The molecule has 17 heavy (non-hydrogen) atoms. The molecule has 0 spiro atoms. The first-order valence-electron chi connectivity index (χ1n) is 6.34. The first-order chi connectivity index (χ1) is 7.92. The molecule has 2 saturated carbocycles. The Bertz CT molecular complexity index is 372. The quantitative estimate of drug-likeness (QED) is 0.750. The van der Waals surface area contributed by atoms with Crippen molar-refractivity contribution in [2.24, 2.45) is 17.3 Å². The summed E-state index contributed by atoms with van der Waals surface area (Å²) >= 11 is 0. The summed E-state index contributed by atoms with van der Waals surface area (Å²) in [6.45, 7) is 6.29. The van der Waals surface area contributed by atoms with Crippen molar-refractivity contribution < 1.29 is 14.7 Å². The molecule has 1 N–H and O–H groups in total. The van der Waals surface area contributed by atoms with Crippen LogP contribution in [0.5, 0.6) is 0 Å². The molecule has 3 heteroatoms. The standard InChI is InChI=1S/C14H20O3/c1-9-4-3-5-14(2)8-12(15)10(6-11(9)14)7-13(16)17/h10-11H,1,3-8H2,2H3,(H,16,17). The molecular weight excluding hydrogens is 216 g/mol. The number of fused-ring (bicyclic) bond motifs is 1. The molecule has 3 atom stereocenters. The molecule has 94 valence electrons. The number of carbonyl (C=O) groups excluding carboxylic acids is 1. The third kappa shape index (κ3) is 2.28. The van der Waals surface area contributed by atoms with E-state index < -0.39 is 5.97 Å². The second-order valence-corrected chi connectivity index (χ2v) is 5.89. The first kappa shape index (κ1) is 12.3. The van der Waals surface area contributed by atoms with E-state index in [0.717, 1.165) is 19.3 Å². The van der Waals surface area contributed by atoms with Crippen LogP contribution in [-0.4, -0.2) is 16.9 Å². The summed E-state index contributed by atoms with van der Waals surface area (Å²) < 4.78 is 0. The Morgan fingerprint density at radius 1 is 1.59 bits per heavy atom. The predicted octanol–water partition coefficient (Wildman–Crippen LogP) is 2.80. The number of allylic oxidation sites excluding steroid dienone is 1. The van der Waals surface area contributed by atoms with Crippen LogP contribution in [0.3, 0.4) is 0 Å². The molecule has 0 amide bonds. The van der Waals surface area contributed by atoms with Crippen LogP contribution in [-0.2, 0) is 9.59 Å². The van der Waals surface area contributed by atoms with Crippen LogP contribution in [0.25, 0.3) is 0 Å². The number of carboxylic acids is 1. The third-order valence-electron chi connectivity index (χ3n) is 4.55. The number of aliphatic carboxylic acids is 1. The maximum Gasteiger partial charge on any atom is 0.304 e. The second-order valence-electron chi connectivity index (χ2n) is 5.89. The summed E-state index contributed by atoms with van der Waals surface area (Å²) in [6, 6.07) is 0. The maximum absolute atomic E-state index is 12.0. The average molecular weight is 236 g/mol. The van der Waals surface area contributed by atoms with Gasteiger partial charge in [0.1, 0.15) is 5.78 Å². The van der Waals surface area contributed by atoms with E-state index >= 15 is 0 Å². The SMILES string of the molecule is C=C1CCCC2(C)CC(=O)C(CC(=O)O)CC12. The van der Waals surface area contributed by atoms with E-state index in [-0.39, 0.29) is 23.5 Å². The number of ketones is 1. The fourth-order valence-electron chi connectivity index (χ4n) is 3.59. The number of carbonyl (C=O) groups is 2. The van der Waals surface area contributed by atoms with Crippen molar-refractivity contribution in [3.05, 3.63) is 12.2 Å². The molecule has 2 aliphatic rings. The van der Waals surface area contributed by atoms with Gasteiger partial charge in [0, 0.05) is 12.3 Å². The van der Waals surface area contributed by atoms with Gasteiger partial charge in [0.15, 0.2) is 0 Å². The zero-order valence-electron chi connectivity index (χ0n) is 10.4. The van der Waals surface area contributed by atoms with Crippen LogP contribution >= 0.6 is 0 Å². The molecule has 0 radical (unpaired) electrons. The smallest absolute Gasteiger partial charge is 0.304 e. The van der Waals surface area contributed by atoms with Crippen LogP contribution in [0.2, 0.25) is 0 Å². The lowest BCUT2D eigenvalue weighted by Gasteiger charge is -2.47. The normalized spacial score (nSPS) is 37.7. The Balaban J connectivity index is 2.17. The van der Waals surface area contributed by atoms with Crippen molar-refractivity contribution in [1.29, 1.82) is 0 Å².